The highest BCUT2D eigenvalue weighted by Crippen LogP contribution is 2.43. The SMILES string of the molecule is CC(C)Oc1cccc(CN2CCC3(CC2)C(=S)NC(=O)N3c2cc(F)ccc2N2CCC(NC(=O)OC(C)(C)C)CC2)c1. The third-order valence-electron chi connectivity index (χ3n) is 8.37. The molecule has 238 valence electrons. The van der Waals surface area contributed by atoms with E-state index in [-0.39, 0.29) is 18.2 Å². The number of hydrogen-bond donors (Lipinski definition) is 2. The molecule has 3 fully saturated rings. The van der Waals surface area contributed by atoms with Crippen molar-refractivity contribution >= 4 is 40.7 Å². The maximum absolute atomic E-state index is 14.8. The number of nitrogens with zero attached hydrogens (tertiary/aromatic N) is 3. The van der Waals surface area contributed by atoms with Crippen LogP contribution in [-0.2, 0) is 11.3 Å². The van der Waals surface area contributed by atoms with E-state index in [1.165, 1.54) is 12.1 Å². The summed E-state index contributed by atoms with van der Waals surface area (Å²) >= 11 is 5.79. The van der Waals surface area contributed by atoms with Crippen LogP contribution in [0.15, 0.2) is 42.5 Å². The van der Waals surface area contributed by atoms with Crippen LogP contribution < -0.4 is 25.2 Å². The minimum absolute atomic E-state index is 0.0269. The average Bonchev–Trinajstić information content (AvgIpc) is 3.17. The van der Waals surface area contributed by atoms with Gasteiger partial charge in [0.2, 0.25) is 0 Å². The lowest BCUT2D eigenvalue weighted by molar-refractivity contribution is 0.0497. The number of halogens is 1. The van der Waals surface area contributed by atoms with Crippen LogP contribution in [0, 0.1) is 5.82 Å². The van der Waals surface area contributed by atoms with Gasteiger partial charge in [0.05, 0.1) is 17.5 Å². The first kappa shape index (κ1) is 32.0. The fraction of sp³-hybridized carbons (Fsp3) is 0.545. The van der Waals surface area contributed by atoms with Crippen LogP contribution >= 0.6 is 12.2 Å². The highest BCUT2D eigenvalue weighted by molar-refractivity contribution is 7.80. The number of rotatable bonds is 7. The topological polar surface area (TPSA) is 86.4 Å². The Balaban J connectivity index is 1.30. The lowest BCUT2D eigenvalue weighted by Gasteiger charge is -2.45. The van der Waals surface area contributed by atoms with Crippen LogP contribution in [0.2, 0.25) is 0 Å². The molecule has 11 heteroatoms. The van der Waals surface area contributed by atoms with Crippen LogP contribution in [0.25, 0.3) is 0 Å². The fourth-order valence-electron chi connectivity index (χ4n) is 6.37. The number of carbonyl (C=O) groups is 2. The van der Waals surface area contributed by atoms with E-state index in [1.807, 2.05) is 46.8 Å². The van der Waals surface area contributed by atoms with E-state index >= 15 is 0 Å². The van der Waals surface area contributed by atoms with Gasteiger partial charge in [0.1, 0.15) is 27.7 Å². The first-order valence-corrected chi connectivity index (χ1v) is 15.9. The first-order chi connectivity index (χ1) is 20.8. The van der Waals surface area contributed by atoms with Crippen LogP contribution in [0.4, 0.5) is 25.4 Å². The van der Waals surface area contributed by atoms with Crippen molar-refractivity contribution in [3.63, 3.8) is 0 Å². The first-order valence-electron chi connectivity index (χ1n) is 15.5. The Morgan fingerprint density at radius 2 is 1.80 bits per heavy atom. The highest BCUT2D eigenvalue weighted by atomic mass is 32.1. The van der Waals surface area contributed by atoms with Crippen molar-refractivity contribution in [1.82, 2.24) is 15.5 Å². The maximum Gasteiger partial charge on any atom is 0.407 e. The Kier molecular flexibility index (Phi) is 9.36. The van der Waals surface area contributed by atoms with Crippen LogP contribution in [0.5, 0.6) is 5.75 Å². The molecule has 3 saturated heterocycles. The van der Waals surface area contributed by atoms with Crippen LogP contribution in [0.1, 0.15) is 65.9 Å². The van der Waals surface area contributed by atoms with Crippen molar-refractivity contribution in [2.24, 2.45) is 0 Å². The number of urea groups is 1. The molecular formula is C33H44FN5O4S. The van der Waals surface area contributed by atoms with Gasteiger partial charge in [-0.3, -0.25) is 15.1 Å². The number of ether oxygens (including phenoxy) is 2. The van der Waals surface area contributed by atoms with Crippen molar-refractivity contribution in [3.05, 3.63) is 53.8 Å². The van der Waals surface area contributed by atoms with Gasteiger partial charge in [-0.2, -0.15) is 0 Å². The molecule has 5 rings (SSSR count). The Morgan fingerprint density at radius 3 is 2.45 bits per heavy atom. The lowest BCUT2D eigenvalue weighted by Crippen LogP contribution is -2.56. The van der Waals surface area contributed by atoms with Gasteiger partial charge in [-0.1, -0.05) is 24.4 Å². The molecular weight excluding hydrogens is 581 g/mol. The number of likely N-dealkylation sites (tertiary alicyclic amines) is 1. The number of thiocarbonyl (C=S) groups is 1. The summed E-state index contributed by atoms with van der Waals surface area (Å²) in [6.45, 7) is 13.0. The number of hydrogen-bond acceptors (Lipinski definition) is 7. The second-order valence-electron chi connectivity index (χ2n) is 13.3. The Bertz CT molecular complexity index is 1380. The molecule has 2 aromatic rings. The molecule has 0 aromatic heterocycles. The summed E-state index contributed by atoms with van der Waals surface area (Å²) in [7, 11) is 0. The second kappa shape index (κ2) is 12.9. The molecule has 9 nitrogen and oxygen atoms in total. The molecule has 0 atom stereocenters. The smallest absolute Gasteiger partial charge is 0.407 e. The van der Waals surface area contributed by atoms with Gasteiger partial charge in [-0.15, -0.1) is 0 Å². The predicted octanol–water partition coefficient (Wildman–Crippen LogP) is 6.00. The summed E-state index contributed by atoms with van der Waals surface area (Å²) in [6, 6.07) is 12.4. The molecule has 2 aromatic carbocycles. The van der Waals surface area contributed by atoms with Crippen molar-refractivity contribution in [1.29, 1.82) is 0 Å². The average molecular weight is 626 g/mol. The van der Waals surface area contributed by atoms with Crippen molar-refractivity contribution in [3.8, 4) is 5.75 Å². The van der Waals surface area contributed by atoms with Crippen LogP contribution in [0.3, 0.4) is 0 Å². The normalized spacial score (nSPS) is 19.4. The summed E-state index contributed by atoms with van der Waals surface area (Å²) < 4.78 is 26.1. The van der Waals surface area contributed by atoms with E-state index in [9.17, 15) is 14.0 Å². The van der Waals surface area contributed by atoms with Crippen molar-refractivity contribution in [2.45, 2.75) is 90.1 Å². The summed E-state index contributed by atoms with van der Waals surface area (Å²) in [4.78, 5) is 32.5. The van der Waals surface area contributed by atoms with E-state index in [0.29, 0.717) is 49.4 Å². The monoisotopic (exact) mass is 625 g/mol. The zero-order chi connectivity index (χ0) is 31.6. The molecule has 3 aliphatic heterocycles. The largest absolute Gasteiger partial charge is 0.491 e. The van der Waals surface area contributed by atoms with E-state index in [1.54, 1.807) is 11.0 Å². The molecule has 0 unspecified atom stereocenters. The van der Waals surface area contributed by atoms with Gasteiger partial charge in [0, 0.05) is 38.8 Å². The standard InChI is InChI=1S/C33H44FN5O4S/c1-22(2)42-26-8-6-7-23(19-26)21-37-17-13-33(14-18-37)29(44)36-30(40)39(33)28-20-24(34)9-10-27(28)38-15-11-25(12-16-38)35-31(41)43-32(3,4)5/h6-10,19-20,22,25H,11-18,21H2,1-5H3,(H,35,41)(H,36,40,44). The highest BCUT2D eigenvalue weighted by Gasteiger charge is 2.53. The fourth-order valence-corrected chi connectivity index (χ4v) is 6.75. The van der Waals surface area contributed by atoms with E-state index in [0.717, 1.165) is 36.6 Å². The van der Waals surface area contributed by atoms with E-state index < -0.39 is 23.1 Å². The van der Waals surface area contributed by atoms with Gasteiger partial charge < -0.3 is 19.7 Å². The summed E-state index contributed by atoms with van der Waals surface area (Å²) in [5, 5.41) is 5.86. The minimum Gasteiger partial charge on any atom is -0.491 e. The Morgan fingerprint density at radius 1 is 1.09 bits per heavy atom. The van der Waals surface area contributed by atoms with Crippen molar-refractivity contribution < 1.29 is 23.5 Å². The van der Waals surface area contributed by atoms with Gasteiger partial charge in [-0.05, 0) is 96.2 Å². The molecule has 44 heavy (non-hydrogen) atoms. The molecule has 3 amide bonds. The third kappa shape index (κ3) is 7.26. The summed E-state index contributed by atoms with van der Waals surface area (Å²) in [6.07, 6.45) is 2.34. The van der Waals surface area contributed by atoms with Gasteiger partial charge in [0.15, 0.2) is 0 Å². The molecule has 0 saturated carbocycles. The van der Waals surface area contributed by atoms with Gasteiger partial charge >= 0.3 is 12.1 Å². The van der Waals surface area contributed by atoms with E-state index in [2.05, 4.69) is 32.6 Å². The van der Waals surface area contributed by atoms with Crippen molar-refractivity contribution in [2.75, 3.05) is 36.0 Å². The van der Waals surface area contributed by atoms with Gasteiger partial charge in [-0.25, -0.2) is 14.0 Å². The summed E-state index contributed by atoms with van der Waals surface area (Å²) in [5.41, 5.74) is 1.17. The quantitative estimate of drug-likeness (QED) is 0.365. The zero-order valence-electron chi connectivity index (χ0n) is 26.3. The predicted molar refractivity (Wildman–Crippen MR) is 174 cm³/mol. The number of anilines is 2. The molecule has 3 aliphatic rings. The van der Waals surface area contributed by atoms with E-state index in [4.69, 9.17) is 21.7 Å². The number of alkyl carbamates (subject to hydrolysis) is 1. The zero-order valence-corrected chi connectivity index (χ0v) is 27.1. The molecule has 3 heterocycles. The number of carbonyl (C=O) groups excluding carboxylic acids is 2. The number of amides is 3. The Labute approximate surface area is 265 Å². The number of nitrogens with one attached hydrogen (secondary N) is 2. The molecule has 0 aliphatic carbocycles. The summed E-state index contributed by atoms with van der Waals surface area (Å²) in [5.74, 6) is 0.444. The Hall–Kier alpha value is -3.44. The van der Waals surface area contributed by atoms with Crippen LogP contribution in [-0.4, -0.2) is 71.5 Å². The molecule has 1 spiro atoms. The minimum atomic E-state index is -0.731. The third-order valence-corrected chi connectivity index (χ3v) is 8.85. The molecule has 0 bridgehead atoms. The van der Waals surface area contributed by atoms with Gasteiger partial charge in [0.25, 0.3) is 0 Å². The lowest BCUT2D eigenvalue weighted by atomic mass is 9.85. The molecule has 0 radical (unpaired) electrons. The molecule has 2 N–H and O–H groups in total. The number of piperidine rings is 2. The number of benzene rings is 2. The second-order valence-corrected chi connectivity index (χ2v) is 13.7. The maximum atomic E-state index is 14.8.